The Labute approximate surface area is 148 Å². The fraction of sp³-hybridized carbons (Fsp3) is 0.737. The van der Waals surface area contributed by atoms with Crippen LogP contribution in [0.15, 0.2) is 0 Å². The van der Waals surface area contributed by atoms with E-state index < -0.39 is 24.5 Å². The molecule has 0 saturated heterocycles. The molecule has 4 saturated carbocycles. The number of amides is 2. The van der Waals surface area contributed by atoms with Gasteiger partial charge in [0.2, 0.25) is 5.91 Å². The van der Waals surface area contributed by atoms with Crippen molar-refractivity contribution < 1.29 is 19.1 Å². The van der Waals surface area contributed by atoms with E-state index >= 15 is 0 Å². The number of esters is 1. The molecule has 0 aromatic carbocycles. The monoisotopic (exact) mass is 346 g/mol. The van der Waals surface area contributed by atoms with Crippen molar-refractivity contribution in [2.45, 2.75) is 51.5 Å². The minimum absolute atomic E-state index is 0.0205. The highest BCUT2D eigenvalue weighted by molar-refractivity contribution is 5.89. The van der Waals surface area contributed by atoms with Gasteiger partial charge < -0.3 is 15.4 Å². The topological polar surface area (TPSA) is 84.5 Å². The zero-order chi connectivity index (χ0) is 18.0. The molecule has 25 heavy (non-hydrogen) atoms. The van der Waals surface area contributed by atoms with Gasteiger partial charge in [-0.25, -0.2) is 4.79 Å². The lowest BCUT2D eigenvalue weighted by Gasteiger charge is -2.55. The maximum Gasteiger partial charge on any atom is 0.328 e. The number of carbonyl (C=O) groups is 3. The standard InChI is InChI=1S/C19H26N2O4/c1-3-4-20-16(22)11-25-17(23)12(2)21-18(24)19-8-13-5-14(9-19)7-15(6-13)10-19/h1,12-15H,4-11H2,2H3,(H,20,22)(H,21,24)/t12-,13?,14?,15?,19?/m0/s1. The minimum Gasteiger partial charge on any atom is -0.454 e. The van der Waals surface area contributed by atoms with Gasteiger partial charge in [-0.1, -0.05) is 5.92 Å². The predicted molar refractivity (Wildman–Crippen MR) is 91.0 cm³/mol. The third kappa shape index (κ3) is 3.81. The number of ether oxygens (including phenoxy) is 1. The second-order valence-corrected chi connectivity index (χ2v) is 7.98. The molecule has 1 atom stereocenters. The Balaban J connectivity index is 1.50. The van der Waals surface area contributed by atoms with Crippen molar-refractivity contribution in [1.29, 1.82) is 0 Å². The minimum atomic E-state index is -0.763. The van der Waals surface area contributed by atoms with Gasteiger partial charge in [0, 0.05) is 5.41 Å². The Hall–Kier alpha value is -2.03. The summed E-state index contributed by atoms with van der Waals surface area (Å²) in [7, 11) is 0. The number of hydrogen-bond donors (Lipinski definition) is 2. The zero-order valence-electron chi connectivity index (χ0n) is 14.7. The van der Waals surface area contributed by atoms with E-state index in [0.29, 0.717) is 17.8 Å². The van der Waals surface area contributed by atoms with Crippen LogP contribution in [0.4, 0.5) is 0 Å². The van der Waals surface area contributed by atoms with Crippen LogP contribution in [0, 0.1) is 35.5 Å². The van der Waals surface area contributed by atoms with Crippen molar-refractivity contribution in [2.24, 2.45) is 23.2 Å². The molecule has 4 fully saturated rings. The van der Waals surface area contributed by atoms with Gasteiger partial charge in [0.1, 0.15) is 6.04 Å². The van der Waals surface area contributed by atoms with Crippen LogP contribution in [-0.4, -0.2) is 37.0 Å². The van der Waals surface area contributed by atoms with Gasteiger partial charge in [-0.15, -0.1) is 6.42 Å². The van der Waals surface area contributed by atoms with Gasteiger partial charge >= 0.3 is 5.97 Å². The lowest BCUT2D eigenvalue weighted by Crippen LogP contribution is -2.56. The fourth-order valence-electron chi connectivity index (χ4n) is 5.26. The van der Waals surface area contributed by atoms with E-state index in [2.05, 4.69) is 16.6 Å². The van der Waals surface area contributed by atoms with Crippen LogP contribution in [0.2, 0.25) is 0 Å². The van der Waals surface area contributed by atoms with Gasteiger partial charge in [-0.2, -0.15) is 0 Å². The predicted octanol–water partition coefficient (Wildman–Crippen LogP) is 1.00. The third-order valence-electron chi connectivity index (χ3n) is 5.95. The Kier molecular flexibility index (Phi) is 5.03. The van der Waals surface area contributed by atoms with Crippen LogP contribution < -0.4 is 10.6 Å². The maximum absolute atomic E-state index is 12.9. The first-order chi connectivity index (χ1) is 11.9. The smallest absolute Gasteiger partial charge is 0.328 e. The molecule has 6 heteroatoms. The second kappa shape index (κ2) is 7.07. The van der Waals surface area contributed by atoms with Crippen molar-refractivity contribution in [3.8, 4) is 12.3 Å². The van der Waals surface area contributed by atoms with Crippen LogP contribution in [0.1, 0.15) is 45.4 Å². The molecular weight excluding hydrogens is 320 g/mol. The molecule has 136 valence electrons. The number of rotatable bonds is 6. The Morgan fingerprint density at radius 2 is 1.72 bits per heavy atom. The SMILES string of the molecule is C#CCNC(=O)COC(=O)[C@H](C)NC(=O)C12CC3CC(CC(C3)C1)C2. The molecule has 0 spiro atoms. The van der Waals surface area contributed by atoms with E-state index in [-0.39, 0.29) is 17.9 Å². The Bertz CT molecular complexity index is 572. The second-order valence-electron chi connectivity index (χ2n) is 7.98. The summed E-state index contributed by atoms with van der Waals surface area (Å²) < 4.78 is 4.95. The number of terminal acetylenes is 1. The summed E-state index contributed by atoms with van der Waals surface area (Å²) >= 11 is 0. The molecule has 0 aromatic rings. The molecule has 0 aromatic heterocycles. The number of carbonyl (C=O) groups excluding carboxylic acids is 3. The molecule has 4 bridgehead atoms. The maximum atomic E-state index is 12.9. The molecule has 0 unspecified atom stereocenters. The number of nitrogens with one attached hydrogen (secondary N) is 2. The molecular formula is C19H26N2O4. The van der Waals surface area contributed by atoms with E-state index in [1.807, 2.05) is 0 Å². The van der Waals surface area contributed by atoms with Gasteiger partial charge in [0.05, 0.1) is 6.54 Å². The summed E-state index contributed by atoms with van der Waals surface area (Å²) in [5.41, 5.74) is -0.298. The molecule has 0 aliphatic heterocycles. The summed E-state index contributed by atoms with van der Waals surface area (Å²) in [6.07, 6.45) is 11.7. The highest BCUT2D eigenvalue weighted by Gasteiger charge is 2.54. The van der Waals surface area contributed by atoms with Crippen molar-refractivity contribution in [3.05, 3.63) is 0 Å². The lowest BCUT2D eigenvalue weighted by atomic mass is 9.49. The van der Waals surface area contributed by atoms with Crippen LogP contribution in [0.5, 0.6) is 0 Å². The van der Waals surface area contributed by atoms with Crippen LogP contribution in [-0.2, 0) is 19.1 Å². The molecule has 4 aliphatic rings. The highest BCUT2D eigenvalue weighted by Crippen LogP contribution is 2.60. The first-order valence-corrected chi connectivity index (χ1v) is 9.09. The molecule has 2 amide bonds. The van der Waals surface area contributed by atoms with Crippen molar-refractivity contribution in [1.82, 2.24) is 10.6 Å². The largest absolute Gasteiger partial charge is 0.454 e. The first-order valence-electron chi connectivity index (χ1n) is 9.09. The van der Waals surface area contributed by atoms with Crippen LogP contribution in [0.3, 0.4) is 0 Å². The van der Waals surface area contributed by atoms with Crippen molar-refractivity contribution in [2.75, 3.05) is 13.2 Å². The highest BCUT2D eigenvalue weighted by atomic mass is 16.5. The van der Waals surface area contributed by atoms with Crippen molar-refractivity contribution >= 4 is 17.8 Å². The summed E-state index contributed by atoms with van der Waals surface area (Å²) in [6.45, 7) is 1.30. The van der Waals surface area contributed by atoms with E-state index in [1.165, 1.54) is 19.3 Å². The Morgan fingerprint density at radius 3 is 2.24 bits per heavy atom. The van der Waals surface area contributed by atoms with E-state index in [0.717, 1.165) is 19.3 Å². The molecule has 4 rings (SSSR count). The molecule has 2 N–H and O–H groups in total. The van der Waals surface area contributed by atoms with E-state index in [9.17, 15) is 14.4 Å². The van der Waals surface area contributed by atoms with Gasteiger partial charge in [-0.3, -0.25) is 9.59 Å². The third-order valence-corrected chi connectivity index (χ3v) is 5.95. The number of hydrogen-bond acceptors (Lipinski definition) is 4. The average molecular weight is 346 g/mol. The van der Waals surface area contributed by atoms with Crippen LogP contribution >= 0.6 is 0 Å². The molecule has 4 aliphatic carbocycles. The molecule has 6 nitrogen and oxygen atoms in total. The lowest BCUT2D eigenvalue weighted by molar-refractivity contribution is -0.155. The van der Waals surface area contributed by atoms with E-state index in [4.69, 9.17) is 11.2 Å². The zero-order valence-corrected chi connectivity index (χ0v) is 14.7. The van der Waals surface area contributed by atoms with Gasteiger partial charge in [-0.05, 0) is 63.2 Å². The van der Waals surface area contributed by atoms with Gasteiger partial charge in [0.15, 0.2) is 6.61 Å². The fourth-order valence-corrected chi connectivity index (χ4v) is 5.26. The summed E-state index contributed by atoms with van der Waals surface area (Å²) in [4.78, 5) is 36.3. The van der Waals surface area contributed by atoms with Crippen LogP contribution in [0.25, 0.3) is 0 Å². The summed E-state index contributed by atoms with van der Waals surface area (Å²) in [5, 5.41) is 5.24. The quantitative estimate of drug-likeness (QED) is 0.555. The van der Waals surface area contributed by atoms with Gasteiger partial charge in [0.25, 0.3) is 5.91 Å². The Morgan fingerprint density at radius 1 is 1.16 bits per heavy atom. The summed E-state index contributed by atoms with van der Waals surface area (Å²) in [5.74, 6) is 3.19. The molecule has 0 heterocycles. The molecule has 0 radical (unpaired) electrons. The van der Waals surface area contributed by atoms with Crippen molar-refractivity contribution in [3.63, 3.8) is 0 Å². The van der Waals surface area contributed by atoms with E-state index in [1.54, 1.807) is 6.92 Å². The summed E-state index contributed by atoms with van der Waals surface area (Å²) in [6, 6.07) is -0.763. The average Bonchev–Trinajstić information content (AvgIpc) is 2.56. The first kappa shape index (κ1) is 17.8. The normalized spacial score (nSPS) is 33.2.